The summed E-state index contributed by atoms with van der Waals surface area (Å²) in [6.07, 6.45) is 3.82. The first-order valence-electron chi connectivity index (χ1n) is 8.06. The van der Waals surface area contributed by atoms with Crippen LogP contribution >= 0.6 is 0 Å². The summed E-state index contributed by atoms with van der Waals surface area (Å²) in [6.45, 7) is 4.92. The molecule has 0 aliphatic carbocycles. The minimum absolute atomic E-state index is 0.285. The Labute approximate surface area is 127 Å². The Morgan fingerprint density at radius 1 is 1.29 bits per heavy atom. The van der Waals surface area contributed by atoms with Crippen molar-refractivity contribution in [3.63, 3.8) is 0 Å². The van der Waals surface area contributed by atoms with Gasteiger partial charge in [0.25, 0.3) is 0 Å². The summed E-state index contributed by atoms with van der Waals surface area (Å²) in [5.41, 5.74) is 1.36. The number of hydrogen-bond donors (Lipinski definition) is 1. The van der Waals surface area contributed by atoms with Crippen molar-refractivity contribution in [2.75, 3.05) is 33.4 Å². The molecule has 2 saturated heterocycles. The van der Waals surface area contributed by atoms with E-state index in [2.05, 4.69) is 34.5 Å². The fraction of sp³-hybridized carbons (Fsp3) is 0.647. The summed E-state index contributed by atoms with van der Waals surface area (Å²) < 4.78 is 11.4. The fourth-order valence-corrected chi connectivity index (χ4v) is 3.13. The van der Waals surface area contributed by atoms with Crippen LogP contribution in [0.1, 0.15) is 24.8 Å². The third-order valence-electron chi connectivity index (χ3n) is 4.47. The predicted molar refractivity (Wildman–Crippen MR) is 83.7 cm³/mol. The smallest absolute Gasteiger partial charge is 0.119 e. The predicted octanol–water partition coefficient (Wildman–Crippen LogP) is 2.04. The van der Waals surface area contributed by atoms with Crippen molar-refractivity contribution in [3.8, 4) is 5.75 Å². The van der Waals surface area contributed by atoms with Gasteiger partial charge >= 0.3 is 0 Å². The van der Waals surface area contributed by atoms with Crippen LogP contribution in [0.3, 0.4) is 0 Å². The number of likely N-dealkylation sites (tertiary alicyclic amines) is 1. The van der Waals surface area contributed by atoms with Crippen molar-refractivity contribution < 1.29 is 9.47 Å². The number of rotatable bonds is 6. The lowest BCUT2D eigenvalue weighted by Gasteiger charge is -2.16. The molecule has 2 fully saturated rings. The molecule has 0 saturated carbocycles. The molecule has 0 bridgehead atoms. The minimum atomic E-state index is 0.285. The van der Waals surface area contributed by atoms with Crippen LogP contribution < -0.4 is 10.1 Å². The Morgan fingerprint density at radius 2 is 2.14 bits per heavy atom. The van der Waals surface area contributed by atoms with E-state index in [9.17, 15) is 0 Å². The summed E-state index contributed by atoms with van der Waals surface area (Å²) in [5, 5.41) is 3.36. The van der Waals surface area contributed by atoms with E-state index in [0.29, 0.717) is 12.6 Å². The van der Waals surface area contributed by atoms with E-state index in [-0.39, 0.29) is 6.10 Å². The van der Waals surface area contributed by atoms with Gasteiger partial charge in [0.05, 0.1) is 6.10 Å². The molecule has 1 aromatic carbocycles. The van der Waals surface area contributed by atoms with E-state index < -0.39 is 0 Å². The van der Waals surface area contributed by atoms with Crippen molar-refractivity contribution in [2.45, 2.75) is 38.0 Å². The highest BCUT2D eigenvalue weighted by Gasteiger charge is 2.20. The van der Waals surface area contributed by atoms with Crippen LogP contribution in [0, 0.1) is 0 Å². The third kappa shape index (κ3) is 4.19. The topological polar surface area (TPSA) is 33.7 Å². The molecule has 4 heteroatoms. The maximum Gasteiger partial charge on any atom is 0.119 e. The zero-order valence-electron chi connectivity index (χ0n) is 12.9. The number of hydrogen-bond acceptors (Lipinski definition) is 4. The van der Waals surface area contributed by atoms with Gasteiger partial charge in [-0.3, -0.25) is 4.90 Å². The number of likely N-dealkylation sites (N-methyl/N-ethyl adjacent to an activating group) is 1. The molecule has 2 unspecified atom stereocenters. The molecule has 2 atom stereocenters. The average Bonchev–Trinajstić information content (AvgIpc) is 3.18. The summed E-state index contributed by atoms with van der Waals surface area (Å²) >= 11 is 0. The van der Waals surface area contributed by atoms with Crippen molar-refractivity contribution in [2.24, 2.45) is 0 Å². The summed E-state index contributed by atoms with van der Waals surface area (Å²) in [4.78, 5) is 2.50. The lowest BCUT2D eigenvalue weighted by atomic mass is 10.2. The van der Waals surface area contributed by atoms with Crippen molar-refractivity contribution >= 4 is 0 Å². The van der Waals surface area contributed by atoms with Gasteiger partial charge in [0.2, 0.25) is 0 Å². The van der Waals surface area contributed by atoms with Crippen LogP contribution in [0.2, 0.25) is 0 Å². The van der Waals surface area contributed by atoms with Crippen LogP contribution in [0.5, 0.6) is 5.75 Å². The SMILES string of the molecule is CNC1CCN(Cc2ccc(OCC3CCCO3)cc2)C1. The molecule has 0 spiro atoms. The highest BCUT2D eigenvalue weighted by atomic mass is 16.5. The van der Waals surface area contributed by atoms with E-state index in [4.69, 9.17) is 9.47 Å². The van der Waals surface area contributed by atoms with Crippen LogP contribution in [0.15, 0.2) is 24.3 Å². The lowest BCUT2D eigenvalue weighted by molar-refractivity contribution is 0.0679. The van der Waals surface area contributed by atoms with Crippen LogP contribution in [0.4, 0.5) is 0 Å². The molecule has 1 N–H and O–H groups in total. The largest absolute Gasteiger partial charge is 0.491 e. The summed E-state index contributed by atoms with van der Waals surface area (Å²) in [6, 6.07) is 9.17. The lowest BCUT2D eigenvalue weighted by Crippen LogP contribution is -2.29. The van der Waals surface area contributed by atoms with E-state index in [0.717, 1.165) is 38.3 Å². The quantitative estimate of drug-likeness (QED) is 0.869. The molecular formula is C17H26N2O2. The Hall–Kier alpha value is -1.10. The maximum absolute atomic E-state index is 5.80. The number of benzene rings is 1. The first-order chi connectivity index (χ1) is 10.3. The summed E-state index contributed by atoms with van der Waals surface area (Å²) in [7, 11) is 2.05. The molecule has 2 aliphatic heterocycles. The molecule has 4 nitrogen and oxygen atoms in total. The molecule has 0 radical (unpaired) electrons. The van der Waals surface area contributed by atoms with Gasteiger partial charge in [0.15, 0.2) is 0 Å². The second kappa shape index (κ2) is 7.25. The molecule has 116 valence electrons. The van der Waals surface area contributed by atoms with Gasteiger partial charge in [-0.1, -0.05) is 12.1 Å². The zero-order valence-corrected chi connectivity index (χ0v) is 12.9. The van der Waals surface area contributed by atoms with E-state index in [1.165, 1.54) is 18.5 Å². The molecular weight excluding hydrogens is 264 g/mol. The fourth-order valence-electron chi connectivity index (χ4n) is 3.13. The minimum Gasteiger partial charge on any atom is -0.491 e. The van der Waals surface area contributed by atoms with E-state index in [1.807, 2.05) is 7.05 Å². The molecule has 21 heavy (non-hydrogen) atoms. The van der Waals surface area contributed by atoms with Crippen molar-refractivity contribution in [1.82, 2.24) is 10.2 Å². The number of ether oxygens (including phenoxy) is 2. The van der Waals surface area contributed by atoms with Gasteiger partial charge in [-0.05, 0) is 44.0 Å². The van der Waals surface area contributed by atoms with Gasteiger partial charge in [-0.2, -0.15) is 0 Å². The van der Waals surface area contributed by atoms with Gasteiger partial charge in [0.1, 0.15) is 12.4 Å². The highest BCUT2D eigenvalue weighted by Crippen LogP contribution is 2.18. The second-order valence-corrected chi connectivity index (χ2v) is 6.10. The van der Waals surface area contributed by atoms with Gasteiger partial charge < -0.3 is 14.8 Å². The standard InChI is InChI=1S/C17H26N2O2/c1-18-15-8-9-19(12-15)11-14-4-6-16(7-5-14)21-13-17-3-2-10-20-17/h4-7,15,17-18H,2-3,8-13H2,1H3. The molecule has 3 rings (SSSR count). The van der Waals surface area contributed by atoms with Crippen molar-refractivity contribution in [3.05, 3.63) is 29.8 Å². The molecule has 1 aromatic rings. The Bertz CT molecular complexity index is 429. The molecule has 2 heterocycles. The highest BCUT2D eigenvalue weighted by molar-refractivity contribution is 5.27. The average molecular weight is 290 g/mol. The molecule has 2 aliphatic rings. The van der Waals surface area contributed by atoms with Crippen LogP contribution in [0.25, 0.3) is 0 Å². The summed E-state index contributed by atoms with van der Waals surface area (Å²) in [5.74, 6) is 0.948. The van der Waals surface area contributed by atoms with Crippen LogP contribution in [-0.4, -0.2) is 50.4 Å². The van der Waals surface area contributed by atoms with E-state index in [1.54, 1.807) is 0 Å². The van der Waals surface area contributed by atoms with Gasteiger partial charge in [-0.25, -0.2) is 0 Å². The zero-order chi connectivity index (χ0) is 14.5. The maximum atomic E-state index is 5.80. The first-order valence-corrected chi connectivity index (χ1v) is 8.06. The Kier molecular flexibility index (Phi) is 5.12. The number of nitrogens with one attached hydrogen (secondary N) is 1. The van der Waals surface area contributed by atoms with Gasteiger partial charge in [0, 0.05) is 32.3 Å². The second-order valence-electron chi connectivity index (χ2n) is 6.10. The first kappa shape index (κ1) is 14.8. The van der Waals surface area contributed by atoms with Crippen LogP contribution in [-0.2, 0) is 11.3 Å². The van der Waals surface area contributed by atoms with Crippen molar-refractivity contribution in [1.29, 1.82) is 0 Å². The molecule has 0 amide bonds. The third-order valence-corrected chi connectivity index (χ3v) is 4.47. The monoisotopic (exact) mass is 290 g/mol. The van der Waals surface area contributed by atoms with E-state index >= 15 is 0 Å². The Balaban J connectivity index is 1.45. The Morgan fingerprint density at radius 3 is 2.81 bits per heavy atom. The van der Waals surface area contributed by atoms with Gasteiger partial charge in [-0.15, -0.1) is 0 Å². The number of nitrogens with zero attached hydrogens (tertiary/aromatic N) is 1. The normalized spacial score (nSPS) is 26.3. The molecule has 0 aromatic heterocycles.